The number of nitrogens with zero attached hydrogens (tertiary/aromatic N) is 2. The summed E-state index contributed by atoms with van der Waals surface area (Å²) in [5, 5.41) is 7.41. The van der Waals surface area contributed by atoms with Crippen molar-refractivity contribution in [3.8, 4) is 17.1 Å². The predicted octanol–water partition coefficient (Wildman–Crippen LogP) is 2.68. The Morgan fingerprint density at radius 3 is 2.70 bits per heavy atom. The molecule has 0 aliphatic carbocycles. The molecular formula is C15H21N3O2. The lowest BCUT2D eigenvalue weighted by atomic mass is 10.1. The van der Waals surface area contributed by atoms with Gasteiger partial charge < -0.3 is 14.6 Å². The number of hydrogen-bond acceptors (Lipinski definition) is 5. The standard InChI is InChI=1S/C15H21N3O2/c1-15(2,3)16-10-9-13-17-14(18-20-13)11-7-5-6-8-12(11)19-4/h5-8,16H,9-10H2,1-4H3. The van der Waals surface area contributed by atoms with Crippen molar-refractivity contribution in [3.63, 3.8) is 0 Å². The Morgan fingerprint density at radius 1 is 1.25 bits per heavy atom. The fourth-order valence-electron chi connectivity index (χ4n) is 1.84. The van der Waals surface area contributed by atoms with E-state index in [4.69, 9.17) is 9.26 Å². The Morgan fingerprint density at radius 2 is 2.00 bits per heavy atom. The minimum absolute atomic E-state index is 0.0888. The van der Waals surface area contributed by atoms with Gasteiger partial charge in [0.15, 0.2) is 0 Å². The number of methoxy groups -OCH3 is 1. The van der Waals surface area contributed by atoms with Crippen LogP contribution < -0.4 is 10.1 Å². The monoisotopic (exact) mass is 275 g/mol. The quantitative estimate of drug-likeness (QED) is 0.909. The highest BCUT2D eigenvalue weighted by Gasteiger charge is 2.13. The number of benzene rings is 1. The van der Waals surface area contributed by atoms with Crippen molar-refractivity contribution in [2.75, 3.05) is 13.7 Å². The maximum absolute atomic E-state index is 5.30. The zero-order chi connectivity index (χ0) is 14.6. The molecule has 0 aliphatic heterocycles. The average Bonchev–Trinajstić information content (AvgIpc) is 2.86. The Kier molecular flexibility index (Phi) is 4.39. The zero-order valence-electron chi connectivity index (χ0n) is 12.4. The summed E-state index contributed by atoms with van der Waals surface area (Å²) in [6.45, 7) is 7.18. The van der Waals surface area contributed by atoms with E-state index in [1.165, 1.54) is 0 Å². The van der Waals surface area contributed by atoms with E-state index in [0.29, 0.717) is 18.1 Å². The van der Waals surface area contributed by atoms with E-state index in [2.05, 4.69) is 36.2 Å². The lowest BCUT2D eigenvalue weighted by Gasteiger charge is -2.19. The molecule has 0 spiro atoms. The van der Waals surface area contributed by atoms with Crippen molar-refractivity contribution in [3.05, 3.63) is 30.2 Å². The van der Waals surface area contributed by atoms with Gasteiger partial charge in [-0.3, -0.25) is 0 Å². The molecule has 0 aliphatic rings. The first-order valence-electron chi connectivity index (χ1n) is 6.70. The van der Waals surface area contributed by atoms with Gasteiger partial charge in [0.05, 0.1) is 12.7 Å². The molecule has 0 amide bonds. The van der Waals surface area contributed by atoms with Crippen LogP contribution in [0.15, 0.2) is 28.8 Å². The lowest BCUT2D eigenvalue weighted by molar-refractivity contribution is 0.362. The van der Waals surface area contributed by atoms with Crippen LogP contribution in [-0.2, 0) is 6.42 Å². The van der Waals surface area contributed by atoms with Crippen LogP contribution >= 0.6 is 0 Å². The molecule has 1 aromatic heterocycles. The zero-order valence-corrected chi connectivity index (χ0v) is 12.4. The topological polar surface area (TPSA) is 60.2 Å². The summed E-state index contributed by atoms with van der Waals surface area (Å²) >= 11 is 0. The molecule has 0 unspecified atom stereocenters. The normalized spacial score (nSPS) is 11.6. The third-order valence-corrected chi connectivity index (χ3v) is 2.81. The van der Waals surface area contributed by atoms with Crippen LogP contribution in [-0.4, -0.2) is 29.3 Å². The summed E-state index contributed by atoms with van der Waals surface area (Å²) in [5.41, 5.74) is 0.930. The molecule has 0 saturated heterocycles. The molecule has 2 aromatic rings. The third-order valence-electron chi connectivity index (χ3n) is 2.81. The van der Waals surface area contributed by atoms with Crippen LogP contribution in [0, 0.1) is 0 Å². The van der Waals surface area contributed by atoms with E-state index < -0.39 is 0 Å². The van der Waals surface area contributed by atoms with Crippen LogP contribution in [0.3, 0.4) is 0 Å². The predicted molar refractivity (Wildman–Crippen MR) is 77.7 cm³/mol. The molecule has 5 heteroatoms. The molecule has 1 heterocycles. The second-order valence-electron chi connectivity index (χ2n) is 5.64. The summed E-state index contributed by atoms with van der Waals surface area (Å²) in [4.78, 5) is 4.41. The summed E-state index contributed by atoms with van der Waals surface area (Å²) in [6, 6.07) is 7.64. The van der Waals surface area contributed by atoms with Crippen LogP contribution in [0.5, 0.6) is 5.75 Å². The van der Waals surface area contributed by atoms with Crippen molar-refractivity contribution >= 4 is 0 Å². The molecule has 0 fully saturated rings. The number of nitrogens with one attached hydrogen (secondary N) is 1. The van der Waals surface area contributed by atoms with Crippen LogP contribution in [0.1, 0.15) is 26.7 Å². The van der Waals surface area contributed by atoms with Gasteiger partial charge in [-0.25, -0.2) is 0 Å². The van der Waals surface area contributed by atoms with E-state index in [-0.39, 0.29) is 5.54 Å². The maximum Gasteiger partial charge on any atom is 0.228 e. The van der Waals surface area contributed by atoms with E-state index in [1.54, 1.807) is 7.11 Å². The first-order valence-corrected chi connectivity index (χ1v) is 6.70. The number of rotatable bonds is 5. The van der Waals surface area contributed by atoms with Crippen molar-refractivity contribution in [2.45, 2.75) is 32.7 Å². The van der Waals surface area contributed by atoms with Crippen molar-refractivity contribution < 1.29 is 9.26 Å². The highest BCUT2D eigenvalue weighted by molar-refractivity contribution is 5.63. The van der Waals surface area contributed by atoms with Gasteiger partial charge in [0.1, 0.15) is 5.75 Å². The Labute approximate surface area is 119 Å². The minimum Gasteiger partial charge on any atom is -0.496 e. The molecule has 2 rings (SSSR count). The molecule has 0 bridgehead atoms. The van der Waals surface area contributed by atoms with Crippen molar-refractivity contribution in [1.82, 2.24) is 15.5 Å². The minimum atomic E-state index is 0.0888. The van der Waals surface area contributed by atoms with Crippen LogP contribution in [0.4, 0.5) is 0 Å². The SMILES string of the molecule is COc1ccccc1-c1noc(CCNC(C)(C)C)n1. The lowest BCUT2D eigenvalue weighted by Crippen LogP contribution is -2.37. The average molecular weight is 275 g/mol. The van der Waals surface area contributed by atoms with Gasteiger partial charge in [-0.05, 0) is 32.9 Å². The molecule has 0 radical (unpaired) electrons. The number of para-hydroxylation sites is 1. The molecule has 1 aromatic carbocycles. The molecular weight excluding hydrogens is 254 g/mol. The molecule has 20 heavy (non-hydrogen) atoms. The highest BCUT2D eigenvalue weighted by Crippen LogP contribution is 2.26. The van der Waals surface area contributed by atoms with E-state index in [1.807, 2.05) is 24.3 Å². The summed E-state index contributed by atoms with van der Waals surface area (Å²) in [5.74, 6) is 1.93. The summed E-state index contributed by atoms with van der Waals surface area (Å²) < 4.78 is 10.6. The second kappa shape index (κ2) is 6.05. The van der Waals surface area contributed by atoms with E-state index in [0.717, 1.165) is 17.9 Å². The largest absolute Gasteiger partial charge is 0.496 e. The third kappa shape index (κ3) is 3.81. The molecule has 0 saturated carbocycles. The second-order valence-corrected chi connectivity index (χ2v) is 5.64. The van der Waals surface area contributed by atoms with Crippen LogP contribution in [0.25, 0.3) is 11.4 Å². The number of aromatic nitrogens is 2. The van der Waals surface area contributed by atoms with Crippen LogP contribution in [0.2, 0.25) is 0 Å². The van der Waals surface area contributed by atoms with E-state index >= 15 is 0 Å². The van der Waals surface area contributed by atoms with Gasteiger partial charge in [-0.1, -0.05) is 17.3 Å². The van der Waals surface area contributed by atoms with Gasteiger partial charge in [-0.15, -0.1) is 0 Å². The highest BCUT2D eigenvalue weighted by atomic mass is 16.5. The fourth-order valence-corrected chi connectivity index (χ4v) is 1.84. The Hall–Kier alpha value is -1.88. The van der Waals surface area contributed by atoms with Gasteiger partial charge in [0, 0.05) is 18.5 Å². The van der Waals surface area contributed by atoms with Gasteiger partial charge in [0.25, 0.3) is 0 Å². The smallest absolute Gasteiger partial charge is 0.228 e. The number of ether oxygens (including phenoxy) is 1. The summed E-state index contributed by atoms with van der Waals surface area (Å²) in [6.07, 6.45) is 0.708. The van der Waals surface area contributed by atoms with Gasteiger partial charge in [-0.2, -0.15) is 4.98 Å². The van der Waals surface area contributed by atoms with E-state index in [9.17, 15) is 0 Å². The number of hydrogen-bond donors (Lipinski definition) is 1. The Bertz CT molecular complexity index is 558. The van der Waals surface area contributed by atoms with Gasteiger partial charge in [0.2, 0.25) is 11.7 Å². The first-order chi connectivity index (χ1) is 9.49. The van der Waals surface area contributed by atoms with Crippen molar-refractivity contribution in [1.29, 1.82) is 0 Å². The molecule has 108 valence electrons. The molecule has 0 atom stereocenters. The fraction of sp³-hybridized carbons (Fsp3) is 0.467. The maximum atomic E-state index is 5.30. The van der Waals surface area contributed by atoms with Gasteiger partial charge >= 0.3 is 0 Å². The molecule has 5 nitrogen and oxygen atoms in total. The molecule has 1 N–H and O–H groups in total. The Balaban J connectivity index is 2.05. The summed E-state index contributed by atoms with van der Waals surface area (Å²) in [7, 11) is 1.63. The van der Waals surface area contributed by atoms with Crippen molar-refractivity contribution in [2.24, 2.45) is 0 Å². The first kappa shape index (κ1) is 14.5.